The molecular weight excluding hydrogens is 310 g/mol. The van der Waals surface area contributed by atoms with Crippen LogP contribution in [0.25, 0.3) is 10.9 Å². The summed E-state index contributed by atoms with van der Waals surface area (Å²) < 4.78 is 5.68. The van der Waals surface area contributed by atoms with Gasteiger partial charge >= 0.3 is 0 Å². The van der Waals surface area contributed by atoms with Gasteiger partial charge in [0.1, 0.15) is 5.75 Å². The minimum absolute atomic E-state index is 0.606. The third-order valence-electron chi connectivity index (χ3n) is 5.38. The van der Waals surface area contributed by atoms with Crippen LogP contribution in [0.3, 0.4) is 0 Å². The molecule has 25 heavy (non-hydrogen) atoms. The van der Waals surface area contributed by atoms with Crippen molar-refractivity contribution in [2.24, 2.45) is 0 Å². The van der Waals surface area contributed by atoms with Gasteiger partial charge in [0.25, 0.3) is 0 Å². The van der Waals surface area contributed by atoms with Gasteiger partial charge in [-0.1, -0.05) is 19.9 Å². The van der Waals surface area contributed by atoms with Crippen molar-refractivity contribution in [3.05, 3.63) is 41.2 Å². The monoisotopic (exact) mass is 341 g/mol. The summed E-state index contributed by atoms with van der Waals surface area (Å²) in [5.41, 5.74) is 5.15. The molecule has 3 rings (SSSR count). The Kier molecular flexibility index (Phi) is 5.69. The summed E-state index contributed by atoms with van der Waals surface area (Å²) in [6, 6.07) is 4.92. The lowest BCUT2D eigenvalue weighted by molar-refractivity contribution is 0.275. The number of aromatic nitrogens is 1. The predicted molar refractivity (Wildman–Crippen MR) is 105 cm³/mol. The van der Waals surface area contributed by atoms with Gasteiger partial charge in [-0.05, 0) is 43.9 Å². The zero-order valence-electron chi connectivity index (χ0n) is 16.0. The summed E-state index contributed by atoms with van der Waals surface area (Å²) in [6.45, 7) is 9.63. The zero-order chi connectivity index (χ0) is 17.8. The van der Waals surface area contributed by atoms with Gasteiger partial charge in [-0.25, -0.2) is 0 Å². The fraction of sp³-hybridized carbons (Fsp3) is 0.524. The van der Waals surface area contributed by atoms with Crippen molar-refractivity contribution in [1.82, 2.24) is 15.2 Å². The lowest BCUT2D eigenvalue weighted by atomic mass is 10.0. The molecule has 0 fully saturated rings. The Morgan fingerprint density at radius 1 is 1.32 bits per heavy atom. The number of benzene rings is 1. The van der Waals surface area contributed by atoms with Gasteiger partial charge < -0.3 is 15.0 Å². The van der Waals surface area contributed by atoms with Crippen LogP contribution < -0.4 is 10.1 Å². The Labute approximate surface area is 151 Å². The fourth-order valence-corrected chi connectivity index (χ4v) is 3.75. The second-order valence-corrected chi connectivity index (χ2v) is 7.01. The number of methoxy groups -OCH3 is 1. The number of ether oxygens (including phenoxy) is 1. The number of hydrogen-bond acceptors (Lipinski definition) is 3. The first-order chi connectivity index (χ1) is 12.2. The Balaban J connectivity index is 1.74. The lowest BCUT2D eigenvalue weighted by Gasteiger charge is -2.29. The number of rotatable bonds is 7. The van der Waals surface area contributed by atoms with Gasteiger partial charge in [-0.15, -0.1) is 0 Å². The van der Waals surface area contributed by atoms with Crippen molar-refractivity contribution in [2.45, 2.75) is 52.6 Å². The highest BCUT2D eigenvalue weighted by Gasteiger charge is 2.18. The molecule has 136 valence electrons. The molecule has 0 saturated heterocycles. The number of fused-ring (bicyclic) bond motifs is 1. The summed E-state index contributed by atoms with van der Waals surface area (Å²) in [7, 11) is 1.77. The zero-order valence-corrected chi connectivity index (χ0v) is 16.0. The maximum atomic E-state index is 5.68. The van der Waals surface area contributed by atoms with Crippen molar-refractivity contribution in [3.8, 4) is 5.75 Å². The first-order valence-corrected chi connectivity index (χ1v) is 9.47. The summed E-state index contributed by atoms with van der Waals surface area (Å²) >= 11 is 0. The highest BCUT2D eigenvalue weighted by molar-refractivity contribution is 5.88. The van der Waals surface area contributed by atoms with E-state index in [0.717, 1.165) is 31.8 Å². The number of aromatic amines is 1. The fourth-order valence-electron chi connectivity index (χ4n) is 3.75. The number of nitrogens with one attached hydrogen (secondary N) is 2. The molecule has 4 nitrogen and oxygen atoms in total. The smallest absolute Gasteiger partial charge is 0.124 e. The van der Waals surface area contributed by atoms with E-state index in [1.165, 1.54) is 40.6 Å². The summed E-state index contributed by atoms with van der Waals surface area (Å²) in [5, 5.41) is 4.98. The van der Waals surface area contributed by atoms with Crippen molar-refractivity contribution in [1.29, 1.82) is 0 Å². The molecule has 2 aromatic rings. The quantitative estimate of drug-likeness (QED) is 0.786. The van der Waals surface area contributed by atoms with Gasteiger partial charge in [0.15, 0.2) is 0 Å². The molecule has 4 heteroatoms. The number of nitrogens with zero attached hydrogens (tertiary/aromatic N) is 1. The molecule has 0 atom stereocenters. The van der Waals surface area contributed by atoms with E-state index in [1.807, 2.05) is 6.20 Å². The maximum Gasteiger partial charge on any atom is 0.124 e. The summed E-state index contributed by atoms with van der Waals surface area (Å²) in [5.74, 6) is 0.995. The van der Waals surface area contributed by atoms with E-state index in [2.05, 4.69) is 54.2 Å². The number of hydrogen-bond donors (Lipinski definition) is 2. The van der Waals surface area contributed by atoms with Crippen LogP contribution in [0, 0.1) is 6.92 Å². The van der Waals surface area contributed by atoms with Crippen LogP contribution in [-0.2, 0) is 6.54 Å². The average Bonchev–Trinajstić information content (AvgIpc) is 3.13. The third-order valence-corrected chi connectivity index (χ3v) is 5.38. The van der Waals surface area contributed by atoms with Gasteiger partial charge in [0.05, 0.1) is 7.11 Å². The molecule has 0 bridgehead atoms. The van der Waals surface area contributed by atoms with Crippen LogP contribution in [0.4, 0.5) is 0 Å². The van der Waals surface area contributed by atoms with Gasteiger partial charge in [-0.2, -0.15) is 0 Å². The summed E-state index contributed by atoms with van der Waals surface area (Å²) in [4.78, 5) is 5.86. The molecule has 1 aromatic heterocycles. The standard InChI is InChI=1S/C21H31N3O/c1-5-16(6-2)23-17-8-11-24(12-9-17)14-19-18-7-10-22-21(18)15(3)13-20(19)25-4/h7-8,10,13,16,22-23H,5-6,9,11-12,14H2,1-4H3. The lowest BCUT2D eigenvalue weighted by Crippen LogP contribution is -2.35. The van der Waals surface area contributed by atoms with Crippen molar-refractivity contribution >= 4 is 10.9 Å². The van der Waals surface area contributed by atoms with Crippen molar-refractivity contribution in [3.63, 3.8) is 0 Å². The predicted octanol–water partition coefficient (Wildman–Crippen LogP) is 4.35. The molecule has 0 amide bonds. The molecule has 2 N–H and O–H groups in total. The van der Waals surface area contributed by atoms with Gasteiger partial charge in [0.2, 0.25) is 0 Å². The molecule has 1 aromatic carbocycles. The normalized spacial score (nSPS) is 15.6. The number of H-pyrrole nitrogens is 1. The largest absolute Gasteiger partial charge is 0.496 e. The molecule has 0 radical (unpaired) electrons. The van der Waals surface area contributed by atoms with Crippen LogP contribution in [-0.4, -0.2) is 36.1 Å². The van der Waals surface area contributed by atoms with Crippen molar-refractivity contribution < 1.29 is 4.74 Å². The second kappa shape index (κ2) is 7.96. The minimum Gasteiger partial charge on any atom is -0.496 e. The Bertz CT molecular complexity index is 743. The molecular formula is C21H31N3O. The first kappa shape index (κ1) is 17.9. The van der Waals surface area contributed by atoms with Crippen LogP contribution in [0.5, 0.6) is 5.75 Å². The second-order valence-electron chi connectivity index (χ2n) is 7.01. The Morgan fingerprint density at radius 3 is 2.76 bits per heavy atom. The SMILES string of the molecule is CCC(CC)NC1=CCN(Cc2c(OC)cc(C)c3[nH]ccc23)CC1. The molecule has 0 spiro atoms. The van der Waals surface area contributed by atoms with Crippen LogP contribution in [0.2, 0.25) is 0 Å². The molecule has 1 aliphatic heterocycles. The third kappa shape index (κ3) is 3.84. The highest BCUT2D eigenvalue weighted by Crippen LogP contribution is 2.32. The van der Waals surface area contributed by atoms with Crippen LogP contribution in [0.15, 0.2) is 30.1 Å². The maximum absolute atomic E-state index is 5.68. The van der Waals surface area contributed by atoms with Gasteiger partial charge in [0, 0.05) is 54.0 Å². The molecule has 1 aliphatic rings. The van der Waals surface area contributed by atoms with E-state index in [1.54, 1.807) is 7.11 Å². The first-order valence-electron chi connectivity index (χ1n) is 9.47. The molecule has 0 unspecified atom stereocenters. The number of aryl methyl sites for hydroxylation is 1. The Hall–Kier alpha value is -1.94. The highest BCUT2D eigenvalue weighted by atomic mass is 16.5. The minimum atomic E-state index is 0.606. The topological polar surface area (TPSA) is 40.3 Å². The summed E-state index contributed by atoms with van der Waals surface area (Å²) in [6.07, 6.45) is 7.85. The van der Waals surface area contributed by atoms with E-state index in [4.69, 9.17) is 4.74 Å². The Morgan fingerprint density at radius 2 is 2.12 bits per heavy atom. The van der Waals surface area contributed by atoms with E-state index < -0.39 is 0 Å². The van der Waals surface area contributed by atoms with E-state index in [-0.39, 0.29) is 0 Å². The van der Waals surface area contributed by atoms with E-state index in [9.17, 15) is 0 Å². The van der Waals surface area contributed by atoms with Crippen molar-refractivity contribution in [2.75, 3.05) is 20.2 Å². The van der Waals surface area contributed by atoms with Gasteiger partial charge in [-0.3, -0.25) is 4.90 Å². The molecule has 0 saturated carbocycles. The average molecular weight is 341 g/mol. The van der Waals surface area contributed by atoms with Crippen LogP contribution >= 0.6 is 0 Å². The molecule has 2 heterocycles. The van der Waals surface area contributed by atoms with E-state index >= 15 is 0 Å². The van der Waals surface area contributed by atoms with E-state index in [0.29, 0.717) is 6.04 Å². The van der Waals surface area contributed by atoms with Crippen LogP contribution in [0.1, 0.15) is 44.2 Å². The molecule has 0 aliphatic carbocycles.